The van der Waals surface area contributed by atoms with Crippen LogP contribution in [0.4, 0.5) is 0 Å². The normalized spacial score (nSPS) is 17.7. The Labute approximate surface area is 105 Å². The number of benzene rings is 1. The SMILES string of the molecule is CC1Cc2ccc(-c3cc(C(=O)O)[nH]n3)cc2C1. The summed E-state index contributed by atoms with van der Waals surface area (Å²) in [4.78, 5) is 10.8. The van der Waals surface area contributed by atoms with Crippen molar-refractivity contribution in [2.75, 3.05) is 0 Å². The third kappa shape index (κ3) is 1.79. The predicted molar refractivity (Wildman–Crippen MR) is 67.6 cm³/mol. The summed E-state index contributed by atoms with van der Waals surface area (Å²) in [7, 11) is 0. The maximum Gasteiger partial charge on any atom is 0.353 e. The quantitative estimate of drug-likeness (QED) is 0.850. The predicted octanol–water partition coefficient (Wildman–Crippen LogP) is 2.51. The highest BCUT2D eigenvalue weighted by Gasteiger charge is 2.18. The van der Waals surface area contributed by atoms with E-state index in [-0.39, 0.29) is 5.69 Å². The van der Waals surface area contributed by atoms with E-state index >= 15 is 0 Å². The average Bonchev–Trinajstić information content (AvgIpc) is 2.91. The van der Waals surface area contributed by atoms with Gasteiger partial charge in [-0.2, -0.15) is 5.10 Å². The summed E-state index contributed by atoms with van der Waals surface area (Å²) in [5, 5.41) is 15.4. The number of hydrogen-bond donors (Lipinski definition) is 2. The molecule has 0 bridgehead atoms. The molecule has 92 valence electrons. The number of rotatable bonds is 2. The molecule has 1 aromatic carbocycles. The number of aromatic carboxylic acids is 1. The molecule has 0 aliphatic heterocycles. The van der Waals surface area contributed by atoms with Crippen molar-refractivity contribution in [3.63, 3.8) is 0 Å². The second-order valence-electron chi connectivity index (χ2n) is 4.97. The highest BCUT2D eigenvalue weighted by Crippen LogP contribution is 2.30. The van der Waals surface area contributed by atoms with E-state index in [0.29, 0.717) is 11.6 Å². The molecule has 0 fully saturated rings. The van der Waals surface area contributed by atoms with Gasteiger partial charge in [-0.3, -0.25) is 5.10 Å². The number of hydrogen-bond acceptors (Lipinski definition) is 2. The van der Waals surface area contributed by atoms with Gasteiger partial charge in [0.2, 0.25) is 0 Å². The number of carboxylic acids is 1. The van der Waals surface area contributed by atoms with Crippen LogP contribution in [0, 0.1) is 5.92 Å². The van der Waals surface area contributed by atoms with Crippen molar-refractivity contribution in [2.45, 2.75) is 19.8 Å². The highest BCUT2D eigenvalue weighted by atomic mass is 16.4. The van der Waals surface area contributed by atoms with Crippen molar-refractivity contribution in [1.29, 1.82) is 0 Å². The Morgan fingerprint density at radius 1 is 1.33 bits per heavy atom. The fourth-order valence-corrected chi connectivity index (χ4v) is 2.58. The molecule has 0 spiro atoms. The van der Waals surface area contributed by atoms with Crippen LogP contribution in [0.5, 0.6) is 0 Å². The van der Waals surface area contributed by atoms with Crippen LogP contribution in [0.2, 0.25) is 0 Å². The molecule has 0 saturated carbocycles. The smallest absolute Gasteiger partial charge is 0.353 e. The van der Waals surface area contributed by atoms with E-state index in [4.69, 9.17) is 5.11 Å². The maximum absolute atomic E-state index is 10.8. The minimum absolute atomic E-state index is 0.124. The van der Waals surface area contributed by atoms with Gasteiger partial charge >= 0.3 is 5.97 Å². The Morgan fingerprint density at radius 2 is 2.11 bits per heavy atom. The summed E-state index contributed by atoms with van der Waals surface area (Å²) in [5.41, 5.74) is 4.56. The summed E-state index contributed by atoms with van der Waals surface area (Å²) >= 11 is 0. The topological polar surface area (TPSA) is 66.0 Å². The Kier molecular flexibility index (Phi) is 2.44. The van der Waals surface area contributed by atoms with E-state index < -0.39 is 5.97 Å². The third-order valence-electron chi connectivity index (χ3n) is 3.45. The van der Waals surface area contributed by atoms with E-state index in [9.17, 15) is 4.79 Å². The van der Waals surface area contributed by atoms with E-state index in [1.165, 1.54) is 11.1 Å². The van der Waals surface area contributed by atoms with Crippen LogP contribution in [-0.2, 0) is 12.8 Å². The van der Waals surface area contributed by atoms with Crippen molar-refractivity contribution < 1.29 is 9.90 Å². The summed E-state index contributed by atoms with van der Waals surface area (Å²) in [6, 6.07) is 7.84. The maximum atomic E-state index is 10.8. The zero-order valence-electron chi connectivity index (χ0n) is 10.1. The fraction of sp³-hybridized carbons (Fsp3) is 0.286. The number of H-pyrrole nitrogens is 1. The van der Waals surface area contributed by atoms with Crippen LogP contribution >= 0.6 is 0 Å². The zero-order chi connectivity index (χ0) is 12.7. The van der Waals surface area contributed by atoms with E-state index in [2.05, 4.69) is 29.3 Å². The molecule has 2 N–H and O–H groups in total. The number of nitrogens with one attached hydrogen (secondary N) is 1. The van der Waals surface area contributed by atoms with Gasteiger partial charge in [0.1, 0.15) is 5.69 Å². The molecular formula is C14H14N2O2. The molecule has 1 aliphatic carbocycles. The van der Waals surface area contributed by atoms with Crippen molar-refractivity contribution >= 4 is 5.97 Å². The minimum atomic E-state index is -0.983. The number of aromatic nitrogens is 2. The van der Waals surface area contributed by atoms with Crippen LogP contribution < -0.4 is 0 Å². The van der Waals surface area contributed by atoms with Gasteiger partial charge in [-0.1, -0.05) is 19.1 Å². The first-order valence-corrected chi connectivity index (χ1v) is 6.04. The lowest BCUT2D eigenvalue weighted by Crippen LogP contribution is -1.95. The molecule has 1 atom stereocenters. The second-order valence-corrected chi connectivity index (χ2v) is 4.97. The fourth-order valence-electron chi connectivity index (χ4n) is 2.58. The summed E-state index contributed by atoms with van der Waals surface area (Å²) in [6.07, 6.45) is 2.23. The summed E-state index contributed by atoms with van der Waals surface area (Å²) in [6.45, 7) is 2.25. The molecule has 1 heterocycles. The highest BCUT2D eigenvalue weighted by molar-refractivity contribution is 5.86. The van der Waals surface area contributed by atoms with Crippen molar-refractivity contribution in [3.05, 3.63) is 41.1 Å². The Morgan fingerprint density at radius 3 is 2.83 bits per heavy atom. The standard InChI is InChI=1S/C14H14N2O2/c1-8-4-9-2-3-10(6-11(9)5-8)12-7-13(14(17)18)16-15-12/h2-3,6-8H,4-5H2,1H3,(H,15,16)(H,17,18). The van der Waals surface area contributed by atoms with Gasteiger partial charge < -0.3 is 5.11 Å². The average molecular weight is 242 g/mol. The number of nitrogens with zero attached hydrogens (tertiary/aromatic N) is 1. The first-order valence-electron chi connectivity index (χ1n) is 6.04. The van der Waals surface area contributed by atoms with Gasteiger partial charge in [0.25, 0.3) is 0 Å². The van der Waals surface area contributed by atoms with Crippen LogP contribution in [0.1, 0.15) is 28.5 Å². The van der Waals surface area contributed by atoms with Crippen LogP contribution in [0.3, 0.4) is 0 Å². The molecule has 4 heteroatoms. The lowest BCUT2D eigenvalue weighted by Gasteiger charge is -2.01. The first kappa shape index (κ1) is 11.0. The number of carbonyl (C=O) groups is 1. The van der Waals surface area contributed by atoms with Gasteiger partial charge in [-0.25, -0.2) is 4.79 Å². The number of aromatic amines is 1. The lowest BCUT2D eigenvalue weighted by molar-refractivity contribution is 0.0690. The number of fused-ring (bicyclic) bond motifs is 1. The molecular weight excluding hydrogens is 228 g/mol. The van der Waals surface area contributed by atoms with E-state index in [1.54, 1.807) is 6.07 Å². The second kappa shape index (κ2) is 3.98. The largest absolute Gasteiger partial charge is 0.477 e. The third-order valence-corrected chi connectivity index (χ3v) is 3.45. The molecule has 1 aromatic heterocycles. The van der Waals surface area contributed by atoms with E-state index in [1.807, 2.05) is 6.07 Å². The zero-order valence-corrected chi connectivity index (χ0v) is 10.1. The van der Waals surface area contributed by atoms with Gasteiger partial charge in [0.15, 0.2) is 0 Å². The van der Waals surface area contributed by atoms with Crippen LogP contribution in [0.25, 0.3) is 11.3 Å². The Bertz CT molecular complexity index is 616. The van der Waals surface area contributed by atoms with Crippen LogP contribution in [0.15, 0.2) is 24.3 Å². The molecule has 18 heavy (non-hydrogen) atoms. The van der Waals surface area contributed by atoms with Gasteiger partial charge in [-0.15, -0.1) is 0 Å². The molecule has 2 aromatic rings. The molecule has 0 amide bonds. The summed E-state index contributed by atoms with van der Waals surface area (Å²) in [5.74, 6) is -0.285. The van der Waals surface area contributed by atoms with Gasteiger partial charge in [0.05, 0.1) is 5.69 Å². The van der Waals surface area contributed by atoms with Crippen molar-refractivity contribution in [3.8, 4) is 11.3 Å². The Balaban J connectivity index is 1.97. The molecule has 0 saturated heterocycles. The summed E-state index contributed by atoms with van der Waals surface area (Å²) < 4.78 is 0. The first-order chi connectivity index (χ1) is 8.63. The molecule has 1 unspecified atom stereocenters. The monoisotopic (exact) mass is 242 g/mol. The Hall–Kier alpha value is -2.10. The van der Waals surface area contributed by atoms with E-state index in [0.717, 1.165) is 18.4 Å². The number of carboxylic acid groups (broad SMARTS) is 1. The van der Waals surface area contributed by atoms with Crippen molar-refractivity contribution in [2.24, 2.45) is 5.92 Å². The van der Waals surface area contributed by atoms with Crippen molar-refractivity contribution in [1.82, 2.24) is 10.2 Å². The van der Waals surface area contributed by atoms with Gasteiger partial charge in [0, 0.05) is 5.56 Å². The molecule has 0 radical (unpaired) electrons. The molecule has 3 rings (SSSR count). The van der Waals surface area contributed by atoms with Gasteiger partial charge in [-0.05, 0) is 42.0 Å². The van der Waals surface area contributed by atoms with Crippen LogP contribution in [-0.4, -0.2) is 21.3 Å². The lowest BCUT2D eigenvalue weighted by atomic mass is 10.0. The molecule has 4 nitrogen and oxygen atoms in total. The minimum Gasteiger partial charge on any atom is -0.477 e. The molecule has 1 aliphatic rings.